The Bertz CT molecular complexity index is 585. The lowest BCUT2D eigenvalue weighted by Crippen LogP contribution is -2.39. The SMILES string of the molecule is CCCCN(Cc1ccncc1)C(=O)NCc1noc(C)n1. The van der Waals surface area contributed by atoms with E-state index in [-0.39, 0.29) is 12.6 Å². The van der Waals surface area contributed by atoms with E-state index in [2.05, 4.69) is 27.4 Å². The van der Waals surface area contributed by atoms with Gasteiger partial charge in [-0.25, -0.2) is 4.79 Å². The number of carbonyl (C=O) groups excluding carboxylic acids is 1. The second-order valence-corrected chi connectivity index (χ2v) is 5.02. The molecule has 22 heavy (non-hydrogen) atoms. The summed E-state index contributed by atoms with van der Waals surface area (Å²) in [5, 5.41) is 6.59. The van der Waals surface area contributed by atoms with Crippen molar-refractivity contribution in [2.45, 2.75) is 39.8 Å². The highest BCUT2D eigenvalue weighted by Crippen LogP contribution is 2.06. The fraction of sp³-hybridized carbons (Fsp3) is 0.467. The highest BCUT2D eigenvalue weighted by atomic mass is 16.5. The zero-order valence-corrected chi connectivity index (χ0v) is 13.0. The molecule has 0 aliphatic carbocycles. The smallest absolute Gasteiger partial charge is 0.318 e. The Balaban J connectivity index is 1.93. The van der Waals surface area contributed by atoms with Crippen LogP contribution in [0.4, 0.5) is 4.79 Å². The van der Waals surface area contributed by atoms with Crippen LogP contribution < -0.4 is 5.32 Å². The molecule has 2 amide bonds. The van der Waals surface area contributed by atoms with Crippen LogP contribution in [0.2, 0.25) is 0 Å². The van der Waals surface area contributed by atoms with Gasteiger partial charge in [0.1, 0.15) is 0 Å². The second kappa shape index (κ2) is 8.11. The molecule has 0 radical (unpaired) electrons. The molecule has 1 N–H and O–H groups in total. The van der Waals surface area contributed by atoms with Crippen LogP contribution >= 0.6 is 0 Å². The minimum atomic E-state index is -0.132. The molecule has 7 nitrogen and oxygen atoms in total. The Kier molecular flexibility index (Phi) is 5.88. The number of aromatic nitrogens is 3. The van der Waals surface area contributed by atoms with E-state index >= 15 is 0 Å². The van der Waals surface area contributed by atoms with Crippen LogP contribution in [0.25, 0.3) is 0 Å². The summed E-state index contributed by atoms with van der Waals surface area (Å²) in [5.41, 5.74) is 1.05. The van der Waals surface area contributed by atoms with E-state index < -0.39 is 0 Å². The van der Waals surface area contributed by atoms with Crippen molar-refractivity contribution in [3.63, 3.8) is 0 Å². The third-order valence-corrected chi connectivity index (χ3v) is 3.16. The summed E-state index contributed by atoms with van der Waals surface area (Å²) in [6.45, 7) is 5.34. The maximum atomic E-state index is 12.3. The predicted octanol–water partition coefficient (Wildman–Crippen LogP) is 2.28. The first-order chi connectivity index (χ1) is 10.7. The van der Waals surface area contributed by atoms with Gasteiger partial charge in [0.15, 0.2) is 5.82 Å². The lowest BCUT2D eigenvalue weighted by molar-refractivity contribution is 0.193. The Morgan fingerprint density at radius 3 is 2.77 bits per heavy atom. The number of carbonyl (C=O) groups is 1. The molecule has 0 unspecified atom stereocenters. The Morgan fingerprint density at radius 2 is 2.14 bits per heavy atom. The van der Waals surface area contributed by atoms with Crippen molar-refractivity contribution < 1.29 is 9.32 Å². The van der Waals surface area contributed by atoms with Gasteiger partial charge in [-0.1, -0.05) is 18.5 Å². The fourth-order valence-electron chi connectivity index (χ4n) is 1.99. The summed E-state index contributed by atoms with van der Waals surface area (Å²) in [6, 6.07) is 3.69. The summed E-state index contributed by atoms with van der Waals surface area (Å²) in [7, 11) is 0. The van der Waals surface area contributed by atoms with Gasteiger partial charge in [-0.05, 0) is 24.1 Å². The molecule has 0 spiro atoms. The van der Waals surface area contributed by atoms with Crippen molar-refractivity contribution in [3.8, 4) is 0 Å². The molecule has 2 aromatic rings. The fourth-order valence-corrected chi connectivity index (χ4v) is 1.99. The van der Waals surface area contributed by atoms with Gasteiger partial charge < -0.3 is 14.7 Å². The lowest BCUT2D eigenvalue weighted by Gasteiger charge is -2.22. The predicted molar refractivity (Wildman–Crippen MR) is 80.8 cm³/mol. The summed E-state index contributed by atoms with van der Waals surface area (Å²) < 4.78 is 4.88. The third kappa shape index (κ3) is 4.83. The number of nitrogens with zero attached hydrogens (tertiary/aromatic N) is 4. The maximum Gasteiger partial charge on any atom is 0.318 e. The number of pyridine rings is 1. The Labute approximate surface area is 129 Å². The monoisotopic (exact) mass is 303 g/mol. The molecule has 118 valence electrons. The van der Waals surface area contributed by atoms with E-state index in [1.54, 1.807) is 24.2 Å². The minimum Gasteiger partial charge on any atom is -0.340 e. The van der Waals surface area contributed by atoms with Crippen LogP contribution in [0.5, 0.6) is 0 Å². The van der Waals surface area contributed by atoms with Gasteiger partial charge >= 0.3 is 6.03 Å². The van der Waals surface area contributed by atoms with Crippen LogP contribution in [-0.2, 0) is 13.1 Å². The maximum absolute atomic E-state index is 12.3. The summed E-state index contributed by atoms with van der Waals surface area (Å²) >= 11 is 0. The molecule has 2 aromatic heterocycles. The molecule has 0 aromatic carbocycles. The molecule has 7 heteroatoms. The molecule has 0 saturated heterocycles. The van der Waals surface area contributed by atoms with Crippen LogP contribution in [0.1, 0.15) is 37.0 Å². The number of hydrogen-bond donors (Lipinski definition) is 1. The van der Waals surface area contributed by atoms with Crippen molar-refractivity contribution in [1.82, 2.24) is 25.3 Å². The highest BCUT2D eigenvalue weighted by molar-refractivity contribution is 5.74. The third-order valence-electron chi connectivity index (χ3n) is 3.16. The first-order valence-electron chi connectivity index (χ1n) is 7.40. The molecule has 0 atom stereocenters. The average Bonchev–Trinajstić information content (AvgIpc) is 2.95. The normalized spacial score (nSPS) is 10.5. The molecule has 0 aliphatic heterocycles. The van der Waals surface area contributed by atoms with Gasteiger partial charge in [-0.15, -0.1) is 0 Å². The van der Waals surface area contributed by atoms with Gasteiger partial charge in [0.05, 0.1) is 6.54 Å². The largest absolute Gasteiger partial charge is 0.340 e. The van der Waals surface area contributed by atoms with Crippen LogP contribution in [-0.4, -0.2) is 32.6 Å². The van der Waals surface area contributed by atoms with Crippen molar-refractivity contribution in [1.29, 1.82) is 0 Å². The molecule has 2 rings (SSSR count). The van der Waals surface area contributed by atoms with Gasteiger partial charge in [0.25, 0.3) is 0 Å². The van der Waals surface area contributed by atoms with E-state index in [0.717, 1.165) is 18.4 Å². The van der Waals surface area contributed by atoms with E-state index in [1.165, 1.54) is 0 Å². The quantitative estimate of drug-likeness (QED) is 0.848. The number of nitrogens with one attached hydrogen (secondary N) is 1. The second-order valence-electron chi connectivity index (χ2n) is 5.02. The topological polar surface area (TPSA) is 84.2 Å². The average molecular weight is 303 g/mol. The number of unbranched alkanes of at least 4 members (excludes halogenated alkanes) is 1. The van der Waals surface area contributed by atoms with E-state index in [4.69, 9.17) is 4.52 Å². The number of aryl methyl sites for hydroxylation is 1. The molecular weight excluding hydrogens is 282 g/mol. The summed E-state index contributed by atoms with van der Waals surface area (Å²) in [5.74, 6) is 0.967. The Hall–Kier alpha value is -2.44. The highest BCUT2D eigenvalue weighted by Gasteiger charge is 2.14. The van der Waals surface area contributed by atoms with E-state index in [1.807, 2.05) is 12.1 Å². The first-order valence-corrected chi connectivity index (χ1v) is 7.40. The van der Waals surface area contributed by atoms with Crippen molar-refractivity contribution >= 4 is 6.03 Å². The van der Waals surface area contributed by atoms with E-state index in [0.29, 0.717) is 24.8 Å². The molecule has 0 bridgehead atoms. The molecule has 0 aliphatic rings. The standard InChI is InChI=1S/C15H21N5O2/c1-3-4-9-20(11-13-5-7-16-8-6-13)15(21)17-10-14-18-12(2)22-19-14/h5-8H,3-4,9-11H2,1-2H3,(H,17,21). The summed E-state index contributed by atoms with van der Waals surface area (Å²) in [6.07, 6.45) is 5.45. The van der Waals surface area contributed by atoms with Crippen LogP contribution in [0.15, 0.2) is 29.0 Å². The van der Waals surface area contributed by atoms with Crippen molar-refractivity contribution in [2.24, 2.45) is 0 Å². The number of amides is 2. The molecule has 2 heterocycles. The zero-order chi connectivity index (χ0) is 15.8. The number of hydrogen-bond acceptors (Lipinski definition) is 5. The van der Waals surface area contributed by atoms with Crippen molar-refractivity contribution in [2.75, 3.05) is 6.54 Å². The van der Waals surface area contributed by atoms with Gasteiger partial charge in [0, 0.05) is 32.4 Å². The van der Waals surface area contributed by atoms with Gasteiger partial charge in [-0.3, -0.25) is 4.98 Å². The van der Waals surface area contributed by atoms with Crippen LogP contribution in [0, 0.1) is 6.92 Å². The van der Waals surface area contributed by atoms with E-state index in [9.17, 15) is 4.79 Å². The van der Waals surface area contributed by atoms with Crippen LogP contribution in [0.3, 0.4) is 0 Å². The van der Waals surface area contributed by atoms with Gasteiger partial charge in [0.2, 0.25) is 5.89 Å². The number of rotatable bonds is 7. The molecule has 0 fully saturated rings. The zero-order valence-electron chi connectivity index (χ0n) is 13.0. The molecule has 0 saturated carbocycles. The first kappa shape index (κ1) is 15.9. The minimum absolute atomic E-state index is 0.132. The Morgan fingerprint density at radius 1 is 1.36 bits per heavy atom. The molecular formula is C15H21N5O2. The summed E-state index contributed by atoms with van der Waals surface area (Å²) in [4.78, 5) is 22.2. The van der Waals surface area contributed by atoms with Gasteiger partial charge in [-0.2, -0.15) is 4.98 Å². The number of urea groups is 1. The lowest BCUT2D eigenvalue weighted by atomic mass is 10.2. The van der Waals surface area contributed by atoms with Crippen molar-refractivity contribution in [3.05, 3.63) is 41.8 Å².